The van der Waals surface area contributed by atoms with Crippen LogP contribution in [0.15, 0.2) is 59.6 Å². The van der Waals surface area contributed by atoms with Crippen molar-refractivity contribution in [2.45, 2.75) is 19.2 Å². The molecule has 0 saturated heterocycles. The number of guanidine groups is 1. The molecule has 27 heavy (non-hydrogen) atoms. The standard InChI is InChI=1S/C20H26ClN3OS.HI/c1-3-22-20(24(2)15-17-9-11-19(21)12-10-17)23-13-14-26(25)16-18-7-5-4-6-8-18;/h4-12H,3,13-16H2,1-2H3,(H,22,23);1H. The molecule has 4 nitrogen and oxygen atoms in total. The van der Waals surface area contributed by atoms with Crippen molar-refractivity contribution in [1.82, 2.24) is 10.2 Å². The molecule has 0 spiro atoms. The molecule has 0 heterocycles. The molecule has 0 aliphatic rings. The second kappa shape index (κ2) is 13.1. The molecule has 2 aromatic rings. The van der Waals surface area contributed by atoms with Crippen LogP contribution in [0, 0.1) is 0 Å². The van der Waals surface area contributed by atoms with E-state index in [1.807, 2.05) is 68.6 Å². The number of rotatable bonds is 8. The second-order valence-corrected chi connectivity index (χ2v) is 8.01. The van der Waals surface area contributed by atoms with E-state index in [0.717, 1.165) is 35.2 Å². The predicted molar refractivity (Wildman–Crippen MR) is 127 cm³/mol. The Morgan fingerprint density at radius 2 is 1.78 bits per heavy atom. The Kier molecular flexibility index (Phi) is 11.6. The molecular weight excluding hydrogens is 493 g/mol. The summed E-state index contributed by atoms with van der Waals surface area (Å²) in [6.07, 6.45) is 0. The van der Waals surface area contributed by atoms with Crippen LogP contribution in [0.2, 0.25) is 5.02 Å². The van der Waals surface area contributed by atoms with E-state index < -0.39 is 10.8 Å². The SMILES string of the molecule is CCNC(=NCCS(=O)Cc1ccccc1)N(C)Cc1ccc(Cl)cc1.I. The lowest BCUT2D eigenvalue weighted by molar-refractivity contribution is 0.477. The lowest BCUT2D eigenvalue weighted by Crippen LogP contribution is -2.38. The number of nitrogens with one attached hydrogen (secondary N) is 1. The fourth-order valence-corrected chi connectivity index (χ4v) is 3.62. The summed E-state index contributed by atoms with van der Waals surface area (Å²) in [6, 6.07) is 17.7. The van der Waals surface area contributed by atoms with Gasteiger partial charge in [-0.1, -0.05) is 54.1 Å². The van der Waals surface area contributed by atoms with Crippen LogP contribution in [-0.4, -0.2) is 41.0 Å². The number of aliphatic imine (C=N–C) groups is 1. The van der Waals surface area contributed by atoms with Crippen molar-refractivity contribution in [3.8, 4) is 0 Å². The summed E-state index contributed by atoms with van der Waals surface area (Å²) in [5, 5.41) is 4.02. The largest absolute Gasteiger partial charge is 0.357 e. The molecule has 0 radical (unpaired) electrons. The summed E-state index contributed by atoms with van der Waals surface area (Å²) >= 11 is 5.94. The summed E-state index contributed by atoms with van der Waals surface area (Å²) in [4.78, 5) is 6.68. The minimum absolute atomic E-state index is 0. The minimum atomic E-state index is -0.913. The van der Waals surface area contributed by atoms with Crippen molar-refractivity contribution in [2.75, 3.05) is 25.9 Å². The van der Waals surface area contributed by atoms with Crippen molar-refractivity contribution in [2.24, 2.45) is 4.99 Å². The molecule has 148 valence electrons. The molecule has 1 atom stereocenters. The van der Waals surface area contributed by atoms with Gasteiger partial charge in [-0.2, -0.15) is 0 Å². The van der Waals surface area contributed by atoms with Gasteiger partial charge in [0.2, 0.25) is 0 Å². The number of nitrogens with zero attached hydrogens (tertiary/aromatic N) is 2. The van der Waals surface area contributed by atoms with E-state index >= 15 is 0 Å². The van der Waals surface area contributed by atoms with Crippen LogP contribution in [0.5, 0.6) is 0 Å². The number of hydrogen-bond donors (Lipinski definition) is 1. The Bertz CT molecular complexity index is 726. The van der Waals surface area contributed by atoms with Crippen LogP contribution in [0.3, 0.4) is 0 Å². The molecule has 7 heteroatoms. The maximum Gasteiger partial charge on any atom is 0.193 e. The van der Waals surface area contributed by atoms with Gasteiger partial charge in [0.1, 0.15) is 0 Å². The molecule has 0 aliphatic carbocycles. The summed E-state index contributed by atoms with van der Waals surface area (Å²) in [6.45, 7) is 4.10. The van der Waals surface area contributed by atoms with Gasteiger partial charge in [0, 0.05) is 47.5 Å². The molecule has 1 N–H and O–H groups in total. The molecule has 0 aliphatic heterocycles. The van der Waals surface area contributed by atoms with Gasteiger partial charge >= 0.3 is 0 Å². The number of halogens is 2. The molecule has 0 bridgehead atoms. The van der Waals surface area contributed by atoms with Gasteiger partial charge in [-0.3, -0.25) is 9.20 Å². The predicted octanol–water partition coefficient (Wildman–Crippen LogP) is 4.30. The van der Waals surface area contributed by atoms with E-state index in [0.29, 0.717) is 18.1 Å². The molecule has 1 unspecified atom stereocenters. The summed E-state index contributed by atoms with van der Waals surface area (Å²) < 4.78 is 12.2. The Morgan fingerprint density at radius 3 is 2.41 bits per heavy atom. The first-order valence-corrected chi connectivity index (χ1v) is 10.6. The summed E-state index contributed by atoms with van der Waals surface area (Å²) in [5.74, 6) is 1.95. The normalized spacial score (nSPS) is 12.2. The van der Waals surface area contributed by atoms with Crippen molar-refractivity contribution < 1.29 is 4.21 Å². The zero-order chi connectivity index (χ0) is 18.8. The van der Waals surface area contributed by atoms with Gasteiger partial charge in [0.25, 0.3) is 0 Å². The molecule has 0 saturated carbocycles. The monoisotopic (exact) mass is 519 g/mol. The lowest BCUT2D eigenvalue weighted by atomic mass is 10.2. The third kappa shape index (κ3) is 9.08. The van der Waals surface area contributed by atoms with Crippen molar-refractivity contribution >= 4 is 52.3 Å². The van der Waals surface area contributed by atoms with Gasteiger partial charge in [0.15, 0.2) is 5.96 Å². The van der Waals surface area contributed by atoms with E-state index in [2.05, 4.69) is 15.2 Å². The highest BCUT2D eigenvalue weighted by Gasteiger charge is 2.07. The fraction of sp³-hybridized carbons (Fsp3) is 0.350. The topological polar surface area (TPSA) is 44.7 Å². The molecule has 2 rings (SSSR count). The van der Waals surface area contributed by atoms with Gasteiger partial charge in [-0.05, 0) is 30.2 Å². The second-order valence-electron chi connectivity index (χ2n) is 5.99. The van der Waals surface area contributed by atoms with Gasteiger partial charge in [-0.15, -0.1) is 24.0 Å². The number of benzene rings is 2. The maximum absolute atomic E-state index is 12.2. The highest BCUT2D eigenvalue weighted by Crippen LogP contribution is 2.11. The Morgan fingerprint density at radius 1 is 1.11 bits per heavy atom. The molecule has 0 amide bonds. The zero-order valence-electron chi connectivity index (χ0n) is 15.7. The summed E-state index contributed by atoms with van der Waals surface area (Å²) in [7, 11) is 1.08. The van der Waals surface area contributed by atoms with Crippen molar-refractivity contribution in [1.29, 1.82) is 0 Å². The van der Waals surface area contributed by atoms with Gasteiger partial charge < -0.3 is 10.2 Å². The molecule has 0 fully saturated rings. The van der Waals surface area contributed by atoms with Crippen LogP contribution in [-0.2, 0) is 23.1 Å². The first-order valence-electron chi connectivity index (χ1n) is 8.71. The molecular formula is C20H27ClIN3OS. The minimum Gasteiger partial charge on any atom is -0.357 e. The summed E-state index contributed by atoms with van der Waals surface area (Å²) in [5.41, 5.74) is 2.26. The molecule has 2 aromatic carbocycles. The number of hydrogen-bond acceptors (Lipinski definition) is 2. The van der Waals surface area contributed by atoms with Crippen LogP contribution in [0.4, 0.5) is 0 Å². The zero-order valence-corrected chi connectivity index (χ0v) is 19.6. The van der Waals surface area contributed by atoms with Crippen LogP contribution in [0.25, 0.3) is 0 Å². The van der Waals surface area contributed by atoms with Crippen LogP contribution in [0.1, 0.15) is 18.1 Å². The van der Waals surface area contributed by atoms with Crippen LogP contribution >= 0.6 is 35.6 Å². The van der Waals surface area contributed by atoms with E-state index in [9.17, 15) is 4.21 Å². The third-order valence-corrected chi connectivity index (χ3v) is 5.33. The average molecular weight is 520 g/mol. The van der Waals surface area contributed by atoms with Crippen LogP contribution < -0.4 is 5.32 Å². The average Bonchev–Trinajstić information content (AvgIpc) is 2.63. The van der Waals surface area contributed by atoms with E-state index in [1.165, 1.54) is 0 Å². The van der Waals surface area contributed by atoms with Crippen molar-refractivity contribution in [3.63, 3.8) is 0 Å². The van der Waals surface area contributed by atoms with Gasteiger partial charge in [-0.25, -0.2) is 0 Å². The first kappa shape index (κ1) is 23.9. The van der Waals surface area contributed by atoms with Gasteiger partial charge in [0.05, 0.1) is 6.54 Å². The Labute approximate surface area is 186 Å². The van der Waals surface area contributed by atoms with E-state index in [-0.39, 0.29) is 24.0 Å². The molecule has 0 aromatic heterocycles. The quantitative estimate of drug-likeness (QED) is 0.321. The Hall–Kier alpha value is -1.12. The maximum atomic E-state index is 12.2. The fourth-order valence-electron chi connectivity index (χ4n) is 2.49. The first-order chi connectivity index (χ1) is 12.6. The highest BCUT2D eigenvalue weighted by atomic mass is 127. The lowest BCUT2D eigenvalue weighted by Gasteiger charge is -2.22. The Balaban J connectivity index is 0.00000364. The van der Waals surface area contributed by atoms with E-state index in [4.69, 9.17) is 11.6 Å². The van der Waals surface area contributed by atoms with Crippen molar-refractivity contribution in [3.05, 3.63) is 70.7 Å². The van der Waals surface area contributed by atoms with E-state index in [1.54, 1.807) is 0 Å². The highest BCUT2D eigenvalue weighted by molar-refractivity contribution is 14.0. The smallest absolute Gasteiger partial charge is 0.193 e. The third-order valence-electron chi connectivity index (χ3n) is 3.78.